The van der Waals surface area contributed by atoms with Gasteiger partial charge in [0.05, 0.1) is 0 Å². The van der Waals surface area contributed by atoms with Crippen LogP contribution in [0.4, 0.5) is 0 Å². The lowest BCUT2D eigenvalue weighted by Gasteiger charge is -2.08. The Hall–Kier alpha value is -1.10. The van der Waals surface area contributed by atoms with Crippen molar-refractivity contribution in [3.05, 3.63) is 10.0 Å². The lowest BCUT2D eigenvalue weighted by atomic mass is 10.2. The van der Waals surface area contributed by atoms with E-state index in [0.717, 1.165) is 0 Å². The van der Waals surface area contributed by atoms with E-state index < -0.39 is 17.2 Å². The zero-order valence-corrected chi connectivity index (χ0v) is 9.75. The molecule has 80 valence electrons. The average Bonchev–Trinajstić information content (AvgIpc) is 2.24. The molecule has 0 aromatic heterocycles. The molecular weight excluding hydrogens is 252 g/mol. The summed E-state index contributed by atoms with van der Waals surface area (Å²) < 4.78 is -0.0321. The monoisotopic (exact) mass is 264 g/mol. The van der Waals surface area contributed by atoms with Crippen molar-refractivity contribution in [2.45, 2.75) is 20.8 Å². The van der Waals surface area contributed by atoms with E-state index in [1.807, 2.05) is 13.8 Å². The Morgan fingerprint density at radius 2 is 1.21 bits per heavy atom. The Bertz CT molecular complexity index is 231. The van der Waals surface area contributed by atoms with E-state index >= 15 is 0 Å². The topological polar surface area (TPSA) is 80.9 Å². The summed E-state index contributed by atoms with van der Waals surface area (Å²) in [5, 5.41) is 36.4. The van der Waals surface area contributed by atoms with Crippen molar-refractivity contribution >= 4 is 15.9 Å². The second kappa shape index (κ2) is 4.95. The predicted molar refractivity (Wildman–Crippen MR) is 56.9 cm³/mol. The van der Waals surface area contributed by atoms with Crippen LogP contribution in [0.15, 0.2) is 4.47 Å². The Labute approximate surface area is 90.6 Å². The fourth-order valence-corrected chi connectivity index (χ4v) is 1.27. The first-order chi connectivity index (χ1) is 6.46. The third kappa shape index (κ3) is 2.04. The molecule has 0 bridgehead atoms. The number of phenols is 4. The van der Waals surface area contributed by atoms with Gasteiger partial charge < -0.3 is 20.4 Å². The van der Waals surface area contributed by atoms with E-state index in [1.165, 1.54) is 6.92 Å². The van der Waals surface area contributed by atoms with Gasteiger partial charge in [-0.15, -0.1) is 0 Å². The number of hydrogen-bond acceptors (Lipinski definition) is 4. The molecule has 0 amide bonds. The van der Waals surface area contributed by atoms with Crippen LogP contribution in [0.25, 0.3) is 0 Å². The van der Waals surface area contributed by atoms with Crippen molar-refractivity contribution < 1.29 is 20.4 Å². The summed E-state index contributed by atoms with van der Waals surface area (Å²) in [6.45, 7) is 5.41. The maximum absolute atomic E-state index is 9.21. The number of phenolic OH excluding ortho intramolecular Hbond substituents is 4. The molecule has 0 unspecified atom stereocenters. The summed E-state index contributed by atoms with van der Waals surface area (Å²) in [4.78, 5) is 0. The van der Waals surface area contributed by atoms with Gasteiger partial charge in [-0.1, -0.05) is 13.8 Å². The number of rotatable bonds is 0. The van der Waals surface area contributed by atoms with Gasteiger partial charge >= 0.3 is 0 Å². The second-order valence-electron chi connectivity index (χ2n) is 2.33. The molecule has 0 aliphatic carbocycles. The van der Waals surface area contributed by atoms with E-state index in [1.54, 1.807) is 0 Å². The first-order valence-corrected chi connectivity index (χ1v) is 4.88. The van der Waals surface area contributed by atoms with Gasteiger partial charge in [-0.2, -0.15) is 0 Å². The molecule has 1 aromatic carbocycles. The van der Waals surface area contributed by atoms with E-state index in [0.29, 0.717) is 0 Å². The summed E-state index contributed by atoms with van der Waals surface area (Å²) in [5.41, 5.74) is 0.108. The Morgan fingerprint density at radius 1 is 0.786 bits per heavy atom. The summed E-state index contributed by atoms with van der Waals surface area (Å²) in [6.07, 6.45) is 0. The van der Waals surface area contributed by atoms with Crippen LogP contribution in [0.2, 0.25) is 0 Å². The molecule has 0 heterocycles. The lowest BCUT2D eigenvalue weighted by Crippen LogP contribution is -1.81. The smallest absolute Gasteiger partial charge is 0.202 e. The lowest BCUT2D eigenvalue weighted by molar-refractivity contribution is 0.355. The maximum Gasteiger partial charge on any atom is 0.202 e. The van der Waals surface area contributed by atoms with Gasteiger partial charge in [-0.05, 0) is 22.9 Å². The highest BCUT2D eigenvalue weighted by atomic mass is 79.9. The first-order valence-electron chi connectivity index (χ1n) is 4.08. The molecule has 14 heavy (non-hydrogen) atoms. The van der Waals surface area contributed by atoms with Crippen LogP contribution in [-0.2, 0) is 0 Å². The molecule has 0 radical (unpaired) electrons. The van der Waals surface area contributed by atoms with E-state index in [2.05, 4.69) is 15.9 Å². The van der Waals surface area contributed by atoms with Crippen LogP contribution >= 0.6 is 15.9 Å². The number of halogens is 1. The molecule has 0 atom stereocenters. The van der Waals surface area contributed by atoms with Gasteiger partial charge in [0.1, 0.15) is 10.2 Å². The fourth-order valence-electron chi connectivity index (χ4n) is 0.783. The fraction of sp³-hybridized carbons (Fsp3) is 0.333. The number of aromatic hydroxyl groups is 4. The van der Waals surface area contributed by atoms with E-state index in [9.17, 15) is 5.11 Å². The van der Waals surface area contributed by atoms with Crippen molar-refractivity contribution in [3.63, 3.8) is 0 Å². The Balaban J connectivity index is 0.000000791. The van der Waals surface area contributed by atoms with Gasteiger partial charge in [-0.25, -0.2) is 0 Å². The molecule has 0 spiro atoms. The molecule has 0 fully saturated rings. The Kier molecular flexibility index (Phi) is 4.56. The minimum Gasteiger partial charge on any atom is -0.506 e. The minimum absolute atomic E-state index is 0.0321. The zero-order valence-electron chi connectivity index (χ0n) is 8.17. The van der Waals surface area contributed by atoms with Crippen molar-refractivity contribution in [2.75, 3.05) is 0 Å². The van der Waals surface area contributed by atoms with Crippen molar-refractivity contribution in [3.8, 4) is 23.0 Å². The highest BCUT2D eigenvalue weighted by Crippen LogP contribution is 2.48. The molecule has 4 nitrogen and oxygen atoms in total. The highest BCUT2D eigenvalue weighted by molar-refractivity contribution is 9.10. The molecule has 0 aliphatic heterocycles. The van der Waals surface area contributed by atoms with Crippen LogP contribution in [0.5, 0.6) is 23.0 Å². The number of benzene rings is 1. The van der Waals surface area contributed by atoms with Crippen molar-refractivity contribution in [1.82, 2.24) is 0 Å². The van der Waals surface area contributed by atoms with Gasteiger partial charge in [-0.3, -0.25) is 0 Å². The third-order valence-electron chi connectivity index (χ3n) is 1.57. The predicted octanol–water partition coefficient (Wildman–Crippen LogP) is 2.61. The van der Waals surface area contributed by atoms with Crippen LogP contribution < -0.4 is 0 Å². The van der Waals surface area contributed by atoms with E-state index in [4.69, 9.17) is 15.3 Å². The summed E-state index contributed by atoms with van der Waals surface area (Å²) in [5.74, 6) is -2.02. The first kappa shape index (κ1) is 12.9. The molecule has 1 rings (SSSR count). The van der Waals surface area contributed by atoms with Gasteiger partial charge in [0.25, 0.3) is 0 Å². The van der Waals surface area contributed by atoms with Crippen molar-refractivity contribution in [1.29, 1.82) is 0 Å². The quantitative estimate of drug-likeness (QED) is 0.429. The molecule has 0 saturated heterocycles. The van der Waals surface area contributed by atoms with Crippen LogP contribution in [0.1, 0.15) is 19.4 Å². The molecule has 5 heteroatoms. The molecule has 0 saturated carbocycles. The van der Waals surface area contributed by atoms with Gasteiger partial charge in [0.15, 0.2) is 11.5 Å². The van der Waals surface area contributed by atoms with Crippen LogP contribution in [0, 0.1) is 6.92 Å². The van der Waals surface area contributed by atoms with Crippen LogP contribution in [-0.4, -0.2) is 20.4 Å². The molecule has 4 N–H and O–H groups in total. The maximum atomic E-state index is 9.21. The molecule has 0 aliphatic rings. The molecular formula is C9H13BrO4. The van der Waals surface area contributed by atoms with Gasteiger partial charge in [0.2, 0.25) is 5.75 Å². The standard InChI is InChI=1S/C7H7BrO4.C2H6/c1-2-4(9)3(8)6(11)7(12)5(2)10;1-2/h9-12H,1H3;1-2H3. The van der Waals surface area contributed by atoms with Crippen LogP contribution in [0.3, 0.4) is 0 Å². The highest BCUT2D eigenvalue weighted by Gasteiger charge is 2.18. The van der Waals surface area contributed by atoms with Gasteiger partial charge in [0, 0.05) is 5.56 Å². The third-order valence-corrected chi connectivity index (χ3v) is 2.33. The normalized spacial score (nSPS) is 9.14. The van der Waals surface area contributed by atoms with E-state index in [-0.39, 0.29) is 15.8 Å². The summed E-state index contributed by atoms with van der Waals surface area (Å²) >= 11 is 2.84. The minimum atomic E-state index is -0.642. The molecule has 1 aromatic rings. The zero-order chi connectivity index (χ0) is 11.5. The summed E-state index contributed by atoms with van der Waals surface area (Å²) in [6, 6.07) is 0. The average molecular weight is 265 g/mol. The largest absolute Gasteiger partial charge is 0.506 e. The second-order valence-corrected chi connectivity index (χ2v) is 3.13. The number of hydrogen-bond donors (Lipinski definition) is 4. The Morgan fingerprint density at radius 3 is 1.64 bits per heavy atom. The SMILES string of the molecule is CC.Cc1c(O)c(O)c(O)c(Br)c1O. The summed E-state index contributed by atoms with van der Waals surface area (Å²) in [7, 11) is 0. The van der Waals surface area contributed by atoms with Crippen molar-refractivity contribution in [2.24, 2.45) is 0 Å².